The average molecular weight is 361 g/mol. The van der Waals surface area contributed by atoms with E-state index < -0.39 is 0 Å². The third kappa shape index (κ3) is 3.72. The monoisotopic (exact) mass is 361 g/mol. The molecule has 1 aromatic carbocycles. The van der Waals surface area contributed by atoms with Crippen LogP contribution in [0.5, 0.6) is 0 Å². The molecule has 0 atom stereocenters. The van der Waals surface area contributed by atoms with Crippen molar-refractivity contribution in [1.82, 2.24) is 24.6 Å². The molecule has 0 unspecified atom stereocenters. The summed E-state index contributed by atoms with van der Waals surface area (Å²) in [6.07, 6.45) is 5.76. The number of benzene rings is 1. The van der Waals surface area contributed by atoms with Crippen LogP contribution in [0.15, 0.2) is 65.8 Å². The Bertz CT molecular complexity index is 1040. The second-order valence-electron chi connectivity index (χ2n) is 6.39. The van der Waals surface area contributed by atoms with E-state index in [1.165, 1.54) is 11.8 Å². The van der Waals surface area contributed by atoms with Crippen LogP contribution in [0.25, 0.3) is 11.2 Å². The number of aryl methyl sites for hydroxylation is 2. The molecule has 4 rings (SSSR count). The molecule has 0 saturated carbocycles. The maximum absolute atomic E-state index is 12.6. The minimum atomic E-state index is -0.133. The predicted octanol–water partition coefficient (Wildman–Crippen LogP) is 2.93. The van der Waals surface area contributed by atoms with Gasteiger partial charge in [0.2, 0.25) is 0 Å². The van der Waals surface area contributed by atoms with E-state index >= 15 is 0 Å². The molecule has 1 amide bonds. The lowest BCUT2D eigenvalue weighted by Crippen LogP contribution is -2.26. The van der Waals surface area contributed by atoms with Crippen LogP contribution < -0.4 is 0 Å². The molecule has 0 spiro atoms. The van der Waals surface area contributed by atoms with E-state index in [2.05, 4.69) is 27.3 Å². The van der Waals surface area contributed by atoms with Gasteiger partial charge in [-0.05, 0) is 18.1 Å². The average Bonchev–Trinajstić information content (AvgIpc) is 3.35. The Morgan fingerprint density at radius 1 is 1.19 bits per heavy atom. The van der Waals surface area contributed by atoms with Gasteiger partial charge < -0.3 is 14.0 Å². The molecule has 0 bridgehead atoms. The maximum Gasteiger partial charge on any atom is 0.255 e. The van der Waals surface area contributed by atoms with Crippen LogP contribution >= 0.6 is 0 Å². The van der Waals surface area contributed by atoms with Gasteiger partial charge in [0, 0.05) is 25.9 Å². The second-order valence-corrected chi connectivity index (χ2v) is 6.39. The Kier molecular flexibility index (Phi) is 4.65. The molecule has 0 aliphatic heterocycles. The number of hydrogen-bond acceptors (Lipinski definition) is 5. The molecule has 0 saturated heterocycles. The summed E-state index contributed by atoms with van der Waals surface area (Å²) in [7, 11) is 1.72. The topological polar surface area (TPSA) is 77.1 Å². The quantitative estimate of drug-likeness (QED) is 0.528. The van der Waals surface area contributed by atoms with Crippen molar-refractivity contribution in [2.24, 2.45) is 0 Å². The summed E-state index contributed by atoms with van der Waals surface area (Å²) in [5.41, 5.74) is 3.96. The number of aromatic nitrogens is 4. The zero-order valence-electron chi connectivity index (χ0n) is 14.9. The number of imidazole rings is 1. The number of carbonyl (C=O) groups is 1. The van der Waals surface area contributed by atoms with Gasteiger partial charge in [-0.25, -0.2) is 9.97 Å². The minimum Gasteiger partial charge on any atom is -0.364 e. The Hall–Kier alpha value is -3.48. The Labute approximate surface area is 156 Å². The van der Waals surface area contributed by atoms with Crippen molar-refractivity contribution in [3.63, 3.8) is 0 Å². The molecule has 7 heteroatoms. The molecule has 136 valence electrons. The van der Waals surface area contributed by atoms with Crippen LogP contribution in [0.2, 0.25) is 0 Å². The van der Waals surface area contributed by atoms with Crippen LogP contribution in [-0.2, 0) is 19.5 Å². The number of nitrogens with zero attached hydrogens (tertiary/aromatic N) is 5. The highest BCUT2D eigenvalue weighted by Gasteiger charge is 2.15. The van der Waals surface area contributed by atoms with Gasteiger partial charge >= 0.3 is 0 Å². The van der Waals surface area contributed by atoms with Crippen LogP contribution in [0.3, 0.4) is 0 Å². The number of pyridine rings is 1. The van der Waals surface area contributed by atoms with Gasteiger partial charge in [-0.1, -0.05) is 35.5 Å². The molecule has 0 N–H and O–H groups in total. The van der Waals surface area contributed by atoms with Crippen molar-refractivity contribution in [1.29, 1.82) is 0 Å². The van der Waals surface area contributed by atoms with Crippen LogP contribution in [0.4, 0.5) is 0 Å². The first-order valence-electron chi connectivity index (χ1n) is 8.70. The molecule has 3 heterocycles. The lowest BCUT2D eigenvalue weighted by atomic mass is 10.1. The van der Waals surface area contributed by atoms with Gasteiger partial charge in [-0.15, -0.1) is 0 Å². The highest BCUT2D eigenvalue weighted by molar-refractivity contribution is 5.96. The molecule has 27 heavy (non-hydrogen) atoms. The maximum atomic E-state index is 12.6. The standard InChI is InChI=1S/C20H19N5O2/c1-24(13-17-8-10-27-23-17)20(26)16-11-18-19(21-12-16)25(14-22-18)9-7-15-5-3-2-4-6-15/h2-6,8,10-12,14H,7,9,13H2,1H3. The van der Waals surface area contributed by atoms with Crippen LogP contribution in [0.1, 0.15) is 21.6 Å². The van der Waals surface area contributed by atoms with E-state index in [-0.39, 0.29) is 5.91 Å². The summed E-state index contributed by atoms with van der Waals surface area (Å²) in [6.45, 7) is 1.16. The number of fused-ring (bicyclic) bond motifs is 1. The third-order valence-corrected chi connectivity index (χ3v) is 4.42. The number of carbonyl (C=O) groups excluding carboxylic acids is 1. The number of amides is 1. The van der Waals surface area contributed by atoms with E-state index in [4.69, 9.17) is 4.52 Å². The van der Waals surface area contributed by atoms with Gasteiger partial charge in [-0.2, -0.15) is 0 Å². The van der Waals surface area contributed by atoms with Crippen molar-refractivity contribution in [3.8, 4) is 0 Å². The van der Waals surface area contributed by atoms with E-state index in [0.29, 0.717) is 23.3 Å². The van der Waals surface area contributed by atoms with Crippen molar-refractivity contribution >= 4 is 17.1 Å². The molecule has 0 fully saturated rings. The van der Waals surface area contributed by atoms with Crippen molar-refractivity contribution < 1.29 is 9.32 Å². The molecule has 0 radical (unpaired) electrons. The lowest BCUT2D eigenvalue weighted by molar-refractivity contribution is 0.0782. The van der Waals surface area contributed by atoms with Crippen LogP contribution in [-0.4, -0.2) is 37.5 Å². The fraction of sp³-hybridized carbons (Fsp3) is 0.200. The first kappa shape index (κ1) is 17.0. The van der Waals surface area contributed by atoms with Gasteiger partial charge in [0.15, 0.2) is 5.65 Å². The third-order valence-electron chi connectivity index (χ3n) is 4.42. The smallest absolute Gasteiger partial charge is 0.255 e. The Balaban J connectivity index is 1.49. The first-order chi connectivity index (χ1) is 13.2. The van der Waals surface area contributed by atoms with Crippen molar-refractivity contribution in [2.45, 2.75) is 19.5 Å². The predicted molar refractivity (Wildman–Crippen MR) is 100.0 cm³/mol. The normalized spacial score (nSPS) is 11.0. The number of hydrogen-bond donors (Lipinski definition) is 0. The summed E-state index contributed by atoms with van der Waals surface area (Å²) in [5, 5.41) is 3.83. The highest BCUT2D eigenvalue weighted by Crippen LogP contribution is 2.15. The zero-order chi connectivity index (χ0) is 18.6. The molecule has 7 nitrogen and oxygen atoms in total. The molecule has 0 aliphatic rings. The molecule has 4 aromatic rings. The summed E-state index contributed by atoms with van der Waals surface area (Å²) >= 11 is 0. The second kappa shape index (κ2) is 7.41. The molecule has 0 aliphatic carbocycles. The number of rotatable bonds is 6. The summed E-state index contributed by atoms with van der Waals surface area (Å²) < 4.78 is 6.81. The largest absolute Gasteiger partial charge is 0.364 e. The van der Waals surface area contributed by atoms with Crippen molar-refractivity contribution in [2.75, 3.05) is 7.05 Å². The van der Waals surface area contributed by atoms with E-state index in [1.807, 2.05) is 22.8 Å². The van der Waals surface area contributed by atoms with Gasteiger partial charge in [-0.3, -0.25) is 4.79 Å². The fourth-order valence-electron chi connectivity index (χ4n) is 2.98. The van der Waals surface area contributed by atoms with Crippen molar-refractivity contribution in [3.05, 3.63) is 78.1 Å². The minimum absolute atomic E-state index is 0.133. The fourth-order valence-corrected chi connectivity index (χ4v) is 2.98. The Morgan fingerprint density at radius 2 is 2.04 bits per heavy atom. The van der Waals surface area contributed by atoms with Gasteiger partial charge in [0.05, 0.1) is 18.4 Å². The van der Waals surface area contributed by atoms with Gasteiger partial charge in [0.25, 0.3) is 5.91 Å². The van der Waals surface area contributed by atoms with Gasteiger partial charge in [0.1, 0.15) is 17.5 Å². The van der Waals surface area contributed by atoms with E-state index in [0.717, 1.165) is 18.6 Å². The van der Waals surface area contributed by atoms with E-state index in [1.54, 1.807) is 36.6 Å². The lowest BCUT2D eigenvalue weighted by Gasteiger charge is -2.15. The molecule has 3 aromatic heterocycles. The summed E-state index contributed by atoms with van der Waals surface area (Å²) in [5.74, 6) is -0.133. The SMILES string of the molecule is CN(Cc1ccon1)C(=O)c1cnc2c(c1)ncn2CCc1ccccc1. The van der Waals surface area contributed by atoms with E-state index in [9.17, 15) is 4.79 Å². The zero-order valence-corrected chi connectivity index (χ0v) is 14.9. The highest BCUT2D eigenvalue weighted by atomic mass is 16.5. The van der Waals surface area contributed by atoms with Crippen LogP contribution in [0, 0.1) is 0 Å². The molecular weight excluding hydrogens is 342 g/mol. The summed E-state index contributed by atoms with van der Waals surface area (Å²) in [6, 6.07) is 13.8. The summed E-state index contributed by atoms with van der Waals surface area (Å²) in [4.78, 5) is 23.1. The first-order valence-corrected chi connectivity index (χ1v) is 8.70. The molecular formula is C20H19N5O2. The Morgan fingerprint density at radius 3 is 2.81 bits per heavy atom.